The molecule has 0 radical (unpaired) electrons. The zero-order chi connectivity index (χ0) is 23.1. The standard InChI is InChI=1S/C26H17Cl2FN2O2/c27-18-12-8-16(9-13-18)24-25(17-10-14-19(28)15-11-17)31(22-6-3-7-23(32)30(22)24)26(33)20-4-1-2-5-21(20)29/h1-15,24-25H/t24-,25+/m1/s1. The first-order chi connectivity index (χ1) is 16.0. The van der Waals surface area contributed by atoms with Gasteiger partial charge >= 0.3 is 0 Å². The number of carbonyl (C=O) groups is 1. The average Bonchev–Trinajstić information content (AvgIpc) is 3.16. The van der Waals surface area contributed by atoms with Crippen LogP contribution >= 0.6 is 23.2 Å². The number of aromatic nitrogens is 1. The molecule has 0 fully saturated rings. The van der Waals surface area contributed by atoms with Crippen molar-refractivity contribution >= 4 is 34.9 Å². The predicted octanol–water partition coefficient (Wildman–Crippen LogP) is 6.29. The summed E-state index contributed by atoms with van der Waals surface area (Å²) in [6.07, 6.45) is 0. The van der Waals surface area contributed by atoms with Crippen molar-refractivity contribution in [1.29, 1.82) is 0 Å². The molecule has 1 amide bonds. The lowest BCUT2D eigenvalue weighted by molar-refractivity contribution is 0.0974. The number of anilines is 1. The Bertz CT molecular complexity index is 1400. The molecule has 0 unspecified atom stereocenters. The minimum Gasteiger partial charge on any atom is -0.284 e. The summed E-state index contributed by atoms with van der Waals surface area (Å²) < 4.78 is 16.2. The van der Waals surface area contributed by atoms with Crippen molar-refractivity contribution in [3.8, 4) is 0 Å². The summed E-state index contributed by atoms with van der Waals surface area (Å²) >= 11 is 12.2. The highest BCUT2D eigenvalue weighted by atomic mass is 35.5. The molecule has 1 aromatic heterocycles. The van der Waals surface area contributed by atoms with E-state index in [4.69, 9.17) is 23.2 Å². The highest BCUT2D eigenvalue weighted by molar-refractivity contribution is 6.30. The fourth-order valence-corrected chi connectivity index (χ4v) is 4.62. The maximum absolute atomic E-state index is 14.6. The van der Waals surface area contributed by atoms with Crippen LogP contribution in [0.15, 0.2) is 95.8 Å². The Labute approximate surface area is 199 Å². The van der Waals surface area contributed by atoms with Gasteiger partial charge in [-0.25, -0.2) is 4.39 Å². The van der Waals surface area contributed by atoms with Crippen LogP contribution in [-0.2, 0) is 0 Å². The van der Waals surface area contributed by atoms with Crippen LogP contribution in [0.4, 0.5) is 10.2 Å². The van der Waals surface area contributed by atoms with Crippen molar-refractivity contribution < 1.29 is 9.18 Å². The van der Waals surface area contributed by atoms with Crippen LogP contribution in [0.1, 0.15) is 33.6 Å². The van der Waals surface area contributed by atoms with Crippen LogP contribution in [0, 0.1) is 5.82 Å². The Hall–Kier alpha value is -3.41. The maximum atomic E-state index is 14.6. The van der Waals surface area contributed by atoms with Crippen LogP contribution in [0.5, 0.6) is 0 Å². The van der Waals surface area contributed by atoms with E-state index in [1.165, 1.54) is 29.2 Å². The second-order valence-corrected chi connectivity index (χ2v) is 8.61. The molecular weight excluding hydrogens is 462 g/mol. The third kappa shape index (κ3) is 3.73. The Morgan fingerprint density at radius 1 is 0.727 bits per heavy atom. The van der Waals surface area contributed by atoms with Gasteiger partial charge in [0.2, 0.25) is 0 Å². The van der Waals surface area contributed by atoms with E-state index in [1.54, 1.807) is 47.0 Å². The molecule has 0 spiro atoms. The molecule has 5 rings (SSSR count). The lowest BCUT2D eigenvalue weighted by Crippen LogP contribution is -2.34. The SMILES string of the molecule is O=C(c1ccccc1F)N1c2cccc(=O)n2[C@H](c2ccc(Cl)cc2)[C@@H]1c1ccc(Cl)cc1. The summed E-state index contributed by atoms with van der Waals surface area (Å²) in [6.45, 7) is 0. The quantitative estimate of drug-likeness (QED) is 0.347. The lowest BCUT2D eigenvalue weighted by atomic mass is 9.93. The Balaban J connectivity index is 1.78. The molecule has 4 aromatic rings. The van der Waals surface area contributed by atoms with E-state index >= 15 is 0 Å². The monoisotopic (exact) mass is 478 g/mol. The molecule has 33 heavy (non-hydrogen) atoms. The van der Waals surface area contributed by atoms with Crippen molar-refractivity contribution in [3.63, 3.8) is 0 Å². The fourth-order valence-electron chi connectivity index (χ4n) is 4.37. The molecule has 0 N–H and O–H groups in total. The van der Waals surface area contributed by atoms with Crippen molar-refractivity contribution in [2.24, 2.45) is 0 Å². The number of fused-ring (bicyclic) bond motifs is 1. The van der Waals surface area contributed by atoms with E-state index in [0.717, 1.165) is 11.1 Å². The number of rotatable bonds is 3. The van der Waals surface area contributed by atoms with E-state index < -0.39 is 23.8 Å². The zero-order valence-electron chi connectivity index (χ0n) is 17.2. The highest BCUT2D eigenvalue weighted by Crippen LogP contribution is 2.47. The van der Waals surface area contributed by atoms with Gasteiger partial charge in [-0.1, -0.05) is 65.7 Å². The van der Waals surface area contributed by atoms with Gasteiger partial charge < -0.3 is 0 Å². The molecule has 2 heterocycles. The molecule has 4 nitrogen and oxygen atoms in total. The molecule has 0 bridgehead atoms. The maximum Gasteiger partial charge on any atom is 0.263 e. The van der Waals surface area contributed by atoms with E-state index in [-0.39, 0.29) is 11.1 Å². The van der Waals surface area contributed by atoms with Gasteiger partial charge in [0.1, 0.15) is 11.6 Å². The zero-order valence-corrected chi connectivity index (χ0v) is 18.7. The third-order valence-electron chi connectivity index (χ3n) is 5.82. The Morgan fingerprint density at radius 3 is 1.91 bits per heavy atom. The molecule has 164 valence electrons. The number of halogens is 3. The third-order valence-corrected chi connectivity index (χ3v) is 6.32. The Morgan fingerprint density at radius 2 is 1.30 bits per heavy atom. The molecule has 0 saturated carbocycles. The molecule has 7 heteroatoms. The molecule has 0 aliphatic carbocycles. The summed E-state index contributed by atoms with van der Waals surface area (Å²) in [5, 5.41) is 1.10. The summed E-state index contributed by atoms with van der Waals surface area (Å²) in [6, 6.07) is 23.6. The number of amides is 1. The van der Waals surface area contributed by atoms with E-state index in [9.17, 15) is 14.0 Å². The Kier molecular flexibility index (Phi) is 5.52. The van der Waals surface area contributed by atoms with Gasteiger partial charge in [0.25, 0.3) is 11.5 Å². The average molecular weight is 479 g/mol. The normalized spacial score (nSPS) is 17.1. The smallest absolute Gasteiger partial charge is 0.263 e. The summed E-state index contributed by atoms with van der Waals surface area (Å²) in [7, 11) is 0. The van der Waals surface area contributed by atoms with Crippen LogP contribution in [-0.4, -0.2) is 10.5 Å². The van der Waals surface area contributed by atoms with Crippen LogP contribution in [0.25, 0.3) is 0 Å². The van der Waals surface area contributed by atoms with Crippen molar-refractivity contribution in [2.75, 3.05) is 4.90 Å². The molecule has 1 aliphatic rings. The lowest BCUT2D eigenvalue weighted by Gasteiger charge is -2.28. The first kappa shape index (κ1) is 21.4. The molecule has 3 aromatic carbocycles. The van der Waals surface area contributed by atoms with Crippen molar-refractivity contribution in [3.05, 3.63) is 134 Å². The van der Waals surface area contributed by atoms with Crippen LogP contribution < -0.4 is 10.5 Å². The van der Waals surface area contributed by atoms with E-state index in [2.05, 4.69) is 0 Å². The van der Waals surface area contributed by atoms with E-state index in [0.29, 0.717) is 15.9 Å². The largest absolute Gasteiger partial charge is 0.284 e. The number of carbonyl (C=O) groups excluding carboxylic acids is 1. The molecule has 2 atom stereocenters. The second-order valence-electron chi connectivity index (χ2n) is 7.74. The van der Waals surface area contributed by atoms with E-state index in [1.807, 2.05) is 24.3 Å². The minimum atomic E-state index is -0.628. The number of hydrogen-bond acceptors (Lipinski definition) is 2. The van der Waals surface area contributed by atoms with Gasteiger partial charge in [-0.15, -0.1) is 0 Å². The second kappa shape index (κ2) is 8.50. The number of hydrogen-bond donors (Lipinski definition) is 0. The van der Waals surface area contributed by atoms with Gasteiger partial charge in [-0.05, 0) is 53.6 Å². The van der Waals surface area contributed by atoms with Crippen molar-refractivity contribution in [2.45, 2.75) is 12.1 Å². The first-order valence-corrected chi connectivity index (χ1v) is 11.0. The van der Waals surface area contributed by atoms with Crippen molar-refractivity contribution in [1.82, 2.24) is 4.57 Å². The molecular formula is C26H17Cl2FN2O2. The van der Waals surface area contributed by atoms with Gasteiger partial charge in [-0.2, -0.15) is 0 Å². The molecule has 1 aliphatic heterocycles. The molecule has 0 saturated heterocycles. The van der Waals surface area contributed by atoms with Gasteiger partial charge in [0, 0.05) is 16.1 Å². The number of nitrogens with zero attached hydrogens (tertiary/aromatic N) is 2. The van der Waals surface area contributed by atoms with Crippen LogP contribution in [0.2, 0.25) is 10.0 Å². The predicted molar refractivity (Wildman–Crippen MR) is 128 cm³/mol. The van der Waals surface area contributed by atoms with Gasteiger partial charge in [0.15, 0.2) is 0 Å². The number of pyridine rings is 1. The van der Waals surface area contributed by atoms with Gasteiger partial charge in [0.05, 0.1) is 17.6 Å². The minimum absolute atomic E-state index is 0.0731. The van der Waals surface area contributed by atoms with Gasteiger partial charge in [-0.3, -0.25) is 19.1 Å². The highest BCUT2D eigenvalue weighted by Gasteiger charge is 2.44. The summed E-state index contributed by atoms with van der Waals surface area (Å²) in [4.78, 5) is 28.3. The summed E-state index contributed by atoms with van der Waals surface area (Å²) in [5.74, 6) is -0.781. The topological polar surface area (TPSA) is 42.3 Å². The first-order valence-electron chi connectivity index (χ1n) is 10.3. The summed E-state index contributed by atoms with van der Waals surface area (Å²) in [5.41, 5.74) is 1.20. The number of benzene rings is 3. The van der Waals surface area contributed by atoms with Crippen LogP contribution in [0.3, 0.4) is 0 Å². The fraction of sp³-hybridized carbons (Fsp3) is 0.0769.